The second-order valence-corrected chi connectivity index (χ2v) is 7.62. The Bertz CT molecular complexity index is 950. The maximum atomic E-state index is 13.5. The summed E-state index contributed by atoms with van der Waals surface area (Å²) in [6, 6.07) is 11.7. The van der Waals surface area contributed by atoms with Crippen LogP contribution in [0.1, 0.15) is 56.7 Å². The minimum absolute atomic E-state index is 0.0235. The summed E-state index contributed by atoms with van der Waals surface area (Å²) < 4.78 is 19.1. The number of nitrogens with zero attached hydrogens (tertiary/aromatic N) is 1. The minimum atomic E-state index is -0.756. The van der Waals surface area contributed by atoms with Crippen LogP contribution in [0.3, 0.4) is 0 Å². The number of aliphatic hydroxyl groups is 1. The van der Waals surface area contributed by atoms with Crippen LogP contribution in [0.5, 0.6) is 5.75 Å². The molecule has 3 rings (SSSR count). The fourth-order valence-electron chi connectivity index (χ4n) is 3.72. The van der Waals surface area contributed by atoms with E-state index in [1.165, 1.54) is 17.0 Å². The molecular weight excluding hydrogens is 397 g/mol. The van der Waals surface area contributed by atoms with Crippen LogP contribution < -0.4 is 4.74 Å². The van der Waals surface area contributed by atoms with E-state index in [-0.39, 0.29) is 11.3 Å². The summed E-state index contributed by atoms with van der Waals surface area (Å²) in [5.74, 6) is -1.36. The molecule has 1 fully saturated rings. The van der Waals surface area contributed by atoms with Gasteiger partial charge in [-0.2, -0.15) is 0 Å². The summed E-state index contributed by atoms with van der Waals surface area (Å²) in [7, 11) is 0. The first-order valence-electron chi connectivity index (χ1n) is 10.7. The van der Waals surface area contributed by atoms with Crippen LogP contribution in [0, 0.1) is 5.82 Å². The Kier molecular flexibility index (Phi) is 7.45. The van der Waals surface area contributed by atoms with Crippen LogP contribution in [0.2, 0.25) is 0 Å². The van der Waals surface area contributed by atoms with Crippen molar-refractivity contribution < 1.29 is 23.8 Å². The molecule has 0 radical (unpaired) electrons. The maximum Gasteiger partial charge on any atom is 0.295 e. The standard InChI is InChI=1S/C25H28FNO4/c1-3-5-6-15-27-22(17-7-11-19(26)12-8-17)21(24(29)25(27)30)23(28)18-9-13-20(14-10-18)31-16-4-2/h7-14,22,28H,3-6,15-16H2,1-2H3/b23-21-. The summed E-state index contributed by atoms with van der Waals surface area (Å²) in [5.41, 5.74) is 1.03. The maximum absolute atomic E-state index is 13.5. The smallest absolute Gasteiger partial charge is 0.295 e. The Labute approximate surface area is 182 Å². The molecule has 0 aliphatic carbocycles. The van der Waals surface area contributed by atoms with Crippen molar-refractivity contribution in [3.05, 3.63) is 71.0 Å². The van der Waals surface area contributed by atoms with Gasteiger partial charge in [-0.3, -0.25) is 9.59 Å². The molecule has 6 heteroatoms. The highest BCUT2D eigenvalue weighted by Crippen LogP contribution is 2.39. The lowest BCUT2D eigenvalue weighted by Gasteiger charge is -2.25. The third-order valence-electron chi connectivity index (χ3n) is 5.33. The average Bonchev–Trinajstić information content (AvgIpc) is 3.03. The van der Waals surface area contributed by atoms with Gasteiger partial charge in [-0.25, -0.2) is 4.39 Å². The van der Waals surface area contributed by atoms with Crippen LogP contribution in [-0.2, 0) is 9.59 Å². The Morgan fingerprint density at radius 2 is 1.68 bits per heavy atom. The predicted octanol–water partition coefficient (Wildman–Crippen LogP) is 5.23. The highest BCUT2D eigenvalue weighted by Gasteiger charge is 2.45. The normalized spacial score (nSPS) is 17.9. The number of Topliss-reactive ketones (excluding diaryl/α,β-unsaturated/α-hetero) is 1. The van der Waals surface area contributed by atoms with E-state index in [9.17, 15) is 19.1 Å². The minimum Gasteiger partial charge on any atom is -0.507 e. The molecule has 1 unspecified atom stereocenters. The number of halogens is 1. The number of likely N-dealkylation sites (tertiary alicyclic amines) is 1. The molecule has 0 spiro atoms. The van der Waals surface area contributed by atoms with Crippen molar-refractivity contribution in [3.8, 4) is 5.75 Å². The lowest BCUT2D eigenvalue weighted by Crippen LogP contribution is -2.30. The van der Waals surface area contributed by atoms with Gasteiger partial charge in [0.2, 0.25) is 0 Å². The van der Waals surface area contributed by atoms with Gasteiger partial charge in [0.05, 0.1) is 18.2 Å². The molecule has 5 nitrogen and oxygen atoms in total. The van der Waals surface area contributed by atoms with Crippen LogP contribution in [0.15, 0.2) is 54.1 Å². The van der Waals surface area contributed by atoms with Gasteiger partial charge in [-0.1, -0.05) is 38.8 Å². The van der Waals surface area contributed by atoms with Crippen molar-refractivity contribution in [2.45, 2.75) is 45.6 Å². The zero-order valence-electron chi connectivity index (χ0n) is 17.9. The second kappa shape index (κ2) is 10.2. The van der Waals surface area contributed by atoms with Gasteiger partial charge in [0, 0.05) is 12.1 Å². The number of amides is 1. The van der Waals surface area contributed by atoms with Gasteiger partial charge in [-0.15, -0.1) is 0 Å². The van der Waals surface area contributed by atoms with Gasteiger partial charge in [0.1, 0.15) is 17.3 Å². The first-order valence-corrected chi connectivity index (χ1v) is 10.7. The van der Waals surface area contributed by atoms with Gasteiger partial charge in [0.25, 0.3) is 11.7 Å². The molecule has 1 N–H and O–H groups in total. The Morgan fingerprint density at radius 3 is 2.29 bits per heavy atom. The second-order valence-electron chi connectivity index (χ2n) is 7.62. The van der Waals surface area contributed by atoms with Gasteiger partial charge >= 0.3 is 0 Å². The molecule has 1 aliphatic rings. The third-order valence-corrected chi connectivity index (χ3v) is 5.33. The molecule has 2 aromatic rings. The van der Waals surface area contributed by atoms with Gasteiger partial charge in [0.15, 0.2) is 0 Å². The fraction of sp³-hybridized carbons (Fsp3) is 0.360. The fourth-order valence-corrected chi connectivity index (χ4v) is 3.72. The van der Waals surface area contributed by atoms with E-state index in [0.717, 1.165) is 25.7 Å². The molecule has 0 aromatic heterocycles. The molecule has 1 saturated heterocycles. The number of unbranched alkanes of at least 4 members (excludes halogenated alkanes) is 2. The molecule has 31 heavy (non-hydrogen) atoms. The summed E-state index contributed by atoms with van der Waals surface area (Å²) in [6.45, 7) is 5.04. The van der Waals surface area contributed by atoms with Crippen molar-refractivity contribution in [1.82, 2.24) is 4.90 Å². The molecule has 2 aromatic carbocycles. The largest absolute Gasteiger partial charge is 0.507 e. The van der Waals surface area contributed by atoms with E-state index in [2.05, 4.69) is 6.92 Å². The molecule has 1 aliphatic heterocycles. The van der Waals surface area contributed by atoms with Crippen LogP contribution in [0.4, 0.5) is 4.39 Å². The van der Waals surface area contributed by atoms with Gasteiger partial charge < -0.3 is 14.7 Å². The lowest BCUT2D eigenvalue weighted by atomic mass is 9.95. The number of carbonyl (C=O) groups excluding carboxylic acids is 2. The van der Waals surface area contributed by atoms with Crippen molar-refractivity contribution in [2.75, 3.05) is 13.2 Å². The first-order chi connectivity index (χ1) is 15.0. The number of ether oxygens (including phenoxy) is 1. The summed E-state index contributed by atoms with van der Waals surface area (Å²) >= 11 is 0. The first kappa shape index (κ1) is 22.5. The van der Waals surface area contributed by atoms with E-state index in [1.807, 2.05) is 6.92 Å². The predicted molar refractivity (Wildman–Crippen MR) is 117 cm³/mol. The highest BCUT2D eigenvalue weighted by atomic mass is 19.1. The van der Waals surface area contributed by atoms with Crippen molar-refractivity contribution in [2.24, 2.45) is 0 Å². The SMILES string of the molecule is CCCCCN1C(=O)C(=O)/C(=C(\O)c2ccc(OCCC)cc2)C1c1ccc(F)cc1. The van der Waals surface area contributed by atoms with E-state index in [4.69, 9.17) is 4.74 Å². The average molecular weight is 426 g/mol. The van der Waals surface area contributed by atoms with Crippen molar-refractivity contribution in [1.29, 1.82) is 0 Å². The number of hydrogen-bond acceptors (Lipinski definition) is 4. The van der Waals surface area contributed by atoms with E-state index in [0.29, 0.717) is 30.0 Å². The van der Waals surface area contributed by atoms with Crippen LogP contribution >= 0.6 is 0 Å². The van der Waals surface area contributed by atoms with Crippen LogP contribution in [0.25, 0.3) is 5.76 Å². The molecule has 0 saturated carbocycles. The van der Waals surface area contributed by atoms with Crippen molar-refractivity contribution >= 4 is 17.4 Å². The number of carbonyl (C=O) groups is 2. The van der Waals surface area contributed by atoms with Crippen LogP contribution in [-0.4, -0.2) is 34.8 Å². The topological polar surface area (TPSA) is 66.8 Å². The zero-order valence-corrected chi connectivity index (χ0v) is 17.9. The van der Waals surface area contributed by atoms with Crippen molar-refractivity contribution in [3.63, 3.8) is 0 Å². The molecule has 1 amide bonds. The summed E-state index contributed by atoms with van der Waals surface area (Å²) in [5, 5.41) is 11.0. The lowest BCUT2D eigenvalue weighted by molar-refractivity contribution is -0.139. The van der Waals surface area contributed by atoms with Gasteiger partial charge in [-0.05, 0) is 54.8 Å². The Morgan fingerprint density at radius 1 is 1.00 bits per heavy atom. The molecule has 1 atom stereocenters. The Hall–Kier alpha value is -3.15. The monoisotopic (exact) mass is 425 g/mol. The molecular formula is C25H28FNO4. The molecule has 164 valence electrons. The van der Waals surface area contributed by atoms with E-state index < -0.39 is 23.5 Å². The highest BCUT2D eigenvalue weighted by molar-refractivity contribution is 6.46. The van der Waals surface area contributed by atoms with E-state index >= 15 is 0 Å². The summed E-state index contributed by atoms with van der Waals surface area (Å²) in [4.78, 5) is 27.2. The van der Waals surface area contributed by atoms with E-state index in [1.54, 1.807) is 36.4 Å². The number of aliphatic hydroxyl groups excluding tert-OH is 1. The molecule has 1 heterocycles. The number of rotatable bonds is 9. The molecule has 0 bridgehead atoms. The quantitative estimate of drug-likeness (QED) is 0.259. The third kappa shape index (κ3) is 4.95. The zero-order chi connectivity index (χ0) is 22.4. The Balaban J connectivity index is 2.02. The summed E-state index contributed by atoms with van der Waals surface area (Å²) in [6.07, 6.45) is 3.50. The number of ketones is 1. The number of hydrogen-bond donors (Lipinski definition) is 1. The number of benzene rings is 2.